The zero-order valence-electron chi connectivity index (χ0n) is 12.0. The van der Waals surface area contributed by atoms with Crippen LogP contribution in [0.5, 0.6) is 0 Å². The van der Waals surface area contributed by atoms with Gasteiger partial charge < -0.3 is 10.2 Å². The molecule has 0 bridgehead atoms. The van der Waals surface area contributed by atoms with Crippen molar-refractivity contribution >= 4 is 29.1 Å². The van der Waals surface area contributed by atoms with Gasteiger partial charge in [0.1, 0.15) is 0 Å². The van der Waals surface area contributed by atoms with E-state index in [4.69, 9.17) is 11.6 Å². The molecular formula is C15H23ClN2S. The van der Waals surface area contributed by atoms with Crippen LogP contribution in [-0.2, 0) is 6.54 Å². The molecule has 0 radical (unpaired) electrons. The highest BCUT2D eigenvalue weighted by molar-refractivity contribution is 8.00. The number of hydrogen-bond donors (Lipinski definition) is 1. The van der Waals surface area contributed by atoms with E-state index in [0.29, 0.717) is 4.75 Å². The van der Waals surface area contributed by atoms with Crippen LogP contribution in [0.1, 0.15) is 25.8 Å². The standard InChI is InChI=1S/C15H23ClN2S/c1-15(2)7-8-18(9-10-19-15)14-6-4-5-13(16)12(14)11-17-3/h4-6,17H,7-11H2,1-3H3. The molecule has 0 aromatic heterocycles. The minimum Gasteiger partial charge on any atom is -0.370 e. The summed E-state index contributed by atoms with van der Waals surface area (Å²) in [6, 6.07) is 6.23. The third kappa shape index (κ3) is 3.80. The second kappa shape index (κ2) is 6.38. The summed E-state index contributed by atoms with van der Waals surface area (Å²) < 4.78 is 0.385. The monoisotopic (exact) mass is 298 g/mol. The maximum Gasteiger partial charge on any atom is 0.0471 e. The quantitative estimate of drug-likeness (QED) is 0.914. The summed E-state index contributed by atoms with van der Waals surface area (Å²) in [4.78, 5) is 2.49. The van der Waals surface area contributed by atoms with Gasteiger partial charge in [-0.2, -0.15) is 11.8 Å². The van der Waals surface area contributed by atoms with Crippen molar-refractivity contribution in [3.8, 4) is 0 Å². The van der Waals surface area contributed by atoms with Crippen LogP contribution in [0.2, 0.25) is 5.02 Å². The fourth-order valence-electron chi connectivity index (χ4n) is 2.46. The number of rotatable bonds is 3. The Hall–Kier alpha value is -0.380. The summed E-state index contributed by atoms with van der Waals surface area (Å²) in [6.07, 6.45) is 1.21. The average Bonchev–Trinajstić information content (AvgIpc) is 2.53. The Balaban J connectivity index is 2.23. The molecule has 1 fully saturated rings. The molecule has 1 heterocycles. The van der Waals surface area contributed by atoms with E-state index in [1.54, 1.807) is 0 Å². The third-order valence-corrected chi connectivity index (χ3v) is 5.35. The van der Waals surface area contributed by atoms with Crippen molar-refractivity contribution in [1.82, 2.24) is 5.32 Å². The van der Waals surface area contributed by atoms with E-state index < -0.39 is 0 Å². The van der Waals surface area contributed by atoms with Crippen LogP contribution in [0.4, 0.5) is 5.69 Å². The molecule has 106 valence electrons. The first-order valence-electron chi connectivity index (χ1n) is 6.84. The molecule has 19 heavy (non-hydrogen) atoms. The third-order valence-electron chi connectivity index (χ3n) is 3.63. The molecule has 0 spiro atoms. The molecule has 0 amide bonds. The average molecular weight is 299 g/mol. The first-order valence-corrected chi connectivity index (χ1v) is 8.21. The second-order valence-corrected chi connectivity index (χ2v) is 7.82. The highest BCUT2D eigenvalue weighted by atomic mass is 35.5. The fourth-order valence-corrected chi connectivity index (χ4v) is 3.79. The number of anilines is 1. The number of nitrogens with zero attached hydrogens (tertiary/aromatic N) is 1. The normalized spacial score (nSPS) is 19.3. The summed E-state index contributed by atoms with van der Waals surface area (Å²) in [5.74, 6) is 1.18. The van der Waals surface area contributed by atoms with Gasteiger partial charge in [-0.3, -0.25) is 0 Å². The molecule has 0 aliphatic carbocycles. The first-order chi connectivity index (χ1) is 9.03. The van der Waals surface area contributed by atoms with Crippen molar-refractivity contribution in [2.24, 2.45) is 0 Å². The lowest BCUT2D eigenvalue weighted by molar-refractivity contribution is 0.636. The Labute approximate surface area is 125 Å². The number of benzene rings is 1. The molecular weight excluding hydrogens is 276 g/mol. The van der Waals surface area contributed by atoms with E-state index in [1.807, 2.05) is 13.1 Å². The number of halogens is 1. The molecule has 1 aliphatic rings. The molecule has 1 saturated heterocycles. The Morgan fingerprint density at radius 3 is 2.89 bits per heavy atom. The molecule has 1 aliphatic heterocycles. The van der Waals surface area contributed by atoms with Crippen molar-refractivity contribution in [2.45, 2.75) is 31.6 Å². The molecule has 0 saturated carbocycles. The van der Waals surface area contributed by atoms with Gasteiger partial charge in [0, 0.05) is 46.4 Å². The van der Waals surface area contributed by atoms with E-state index in [0.717, 1.165) is 24.7 Å². The van der Waals surface area contributed by atoms with Crippen LogP contribution in [0.25, 0.3) is 0 Å². The largest absolute Gasteiger partial charge is 0.370 e. The number of thioether (sulfide) groups is 1. The fraction of sp³-hybridized carbons (Fsp3) is 0.600. The molecule has 0 atom stereocenters. The Kier molecular flexibility index (Phi) is 5.04. The van der Waals surface area contributed by atoms with Crippen molar-refractivity contribution in [3.05, 3.63) is 28.8 Å². The van der Waals surface area contributed by atoms with E-state index in [-0.39, 0.29) is 0 Å². The summed E-state index contributed by atoms with van der Waals surface area (Å²) in [6.45, 7) is 7.71. The molecule has 0 unspecified atom stereocenters. The van der Waals surface area contributed by atoms with Gasteiger partial charge in [-0.1, -0.05) is 31.5 Å². The molecule has 4 heteroatoms. The lowest BCUT2D eigenvalue weighted by atomic mass is 10.1. The predicted molar refractivity (Wildman–Crippen MR) is 87.6 cm³/mol. The zero-order chi connectivity index (χ0) is 13.9. The van der Waals surface area contributed by atoms with Gasteiger partial charge in [0.05, 0.1) is 0 Å². The van der Waals surface area contributed by atoms with Crippen LogP contribution in [-0.4, -0.2) is 30.6 Å². The summed E-state index contributed by atoms with van der Waals surface area (Å²) in [5, 5.41) is 4.08. The zero-order valence-corrected chi connectivity index (χ0v) is 13.6. The lowest BCUT2D eigenvalue weighted by Gasteiger charge is -2.27. The molecule has 2 nitrogen and oxygen atoms in total. The topological polar surface area (TPSA) is 15.3 Å². The van der Waals surface area contributed by atoms with Crippen molar-refractivity contribution in [3.63, 3.8) is 0 Å². The van der Waals surface area contributed by atoms with Crippen LogP contribution >= 0.6 is 23.4 Å². The second-order valence-electron chi connectivity index (χ2n) is 5.61. The van der Waals surface area contributed by atoms with Crippen molar-refractivity contribution < 1.29 is 0 Å². The number of nitrogens with one attached hydrogen (secondary N) is 1. The summed E-state index contributed by atoms with van der Waals surface area (Å²) >= 11 is 8.43. The van der Waals surface area contributed by atoms with Gasteiger partial charge in [-0.25, -0.2) is 0 Å². The SMILES string of the molecule is CNCc1c(Cl)cccc1N1CCSC(C)(C)CC1. The molecule has 1 aromatic rings. The van der Waals surface area contributed by atoms with Gasteiger partial charge in [0.25, 0.3) is 0 Å². The van der Waals surface area contributed by atoms with Gasteiger partial charge in [-0.15, -0.1) is 0 Å². The van der Waals surface area contributed by atoms with E-state index in [1.165, 1.54) is 23.4 Å². The highest BCUT2D eigenvalue weighted by Crippen LogP contribution is 2.34. The minimum atomic E-state index is 0.385. The maximum absolute atomic E-state index is 6.35. The minimum absolute atomic E-state index is 0.385. The van der Waals surface area contributed by atoms with Gasteiger partial charge in [0.2, 0.25) is 0 Å². The Bertz CT molecular complexity index is 434. The van der Waals surface area contributed by atoms with Gasteiger partial charge in [0.15, 0.2) is 0 Å². The van der Waals surface area contributed by atoms with Crippen LogP contribution in [0, 0.1) is 0 Å². The lowest BCUT2D eigenvalue weighted by Crippen LogP contribution is -2.28. The Morgan fingerprint density at radius 2 is 2.16 bits per heavy atom. The van der Waals surface area contributed by atoms with Crippen molar-refractivity contribution in [1.29, 1.82) is 0 Å². The molecule has 2 rings (SSSR count). The first kappa shape index (κ1) is 15.0. The van der Waals surface area contributed by atoms with Crippen LogP contribution in [0.3, 0.4) is 0 Å². The number of hydrogen-bond acceptors (Lipinski definition) is 3. The predicted octanol–water partition coefficient (Wildman–Crippen LogP) is 3.78. The van der Waals surface area contributed by atoms with Gasteiger partial charge in [-0.05, 0) is 25.6 Å². The van der Waals surface area contributed by atoms with E-state index >= 15 is 0 Å². The maximum atomic E-state index is 6.35. The summed E-state index contributed by atoms with van der Waals surface area (Å²) in [5.41, 5.74) is 2.51. The van der Waals surface area contributed by atoms with E-state index in [9.17, 15) is 0 Å². The highest BCUT2D eigenvalue weighted by Gasteiger charge is 2.24. The Morgan fingerprint density at radius 1 is 1.37 bits per heavy atom. The van der Waals surface area contributed by atoms with Crippen LogP contribution < -0.4 is 10.2 Å². The smallest absolute Gasteiger partial charge is 0.0471 e. The van der Waals surface area contributed by atoms with Gasteiger partial charge >= 0.3 is 0 Å². The van der Waals surface area contributed by atoms with Crippen LogP contribution in [0.15, 0.2) is 18.2 Å². The van der Waals surface area contributed by atoms with Crippen molar-refractivity contribution in [2.75, 3.05) is 30.8 Å². The van der Waals surface area contributed by atoms with E-state index in [2.05, 4.69) is 48.0 Å². The molecule has 1 N–H and O–H groups in total. The molecule has 1 aromatic carbocycles. The summed E-state index contributed by atoms with van der Waals surface area (Å²) in [7, 11) is 1.97.